The van der Waals surface area contributed by atoms with E-state index >= 15 is 0 Å². The summed E-state index contributed by atoms with van der Waals surface area (Å²) in [6.07, 6.45) is 6.85. The van der Waals surface area contributed by atoms with E-state index in [4.69, 9.17) is 0 Å². The number of likely N-dealkylation sites (tertiary alicyclic amines) is 1. The molecular weight excluding hydrogens is 290 g/mol. The van der Waals surface area contributed by atoms with Crippen LogP contribution in [0.4, 0.5) is 10.6 Å². The van der Waals surface area contributed by atoms with E-state index in [-0.39, 0.29) is 6.03 Å². The molecule has 1 N–H and O–H groups in total. The molecule has 2 amide bonds. The second kappa shape index (κ2) is 6.81. The number of pyridine rings is 1. The Morgan fingerprint density at radius 3 is 3.09 bits per heavy atom. The van der Waals surface area contributed by atoms with Gasteiger partial charge in [-0.3, -0.25) is 5.32 Å². The first-order valence-corrected chi connectivity index (χ1v) is 8.18. The molecule has 3 heterocycles. The minimum Gasteiger partial charge on any atom is -0.330 e. The highest BCUT2D eigenvalue weighted by Crippen LogP contribution is 2.23. The molecule has 1 fully saturated rings. The van der Waals surface area contributed by atoms with Gasteiger partial charge in [0, 0.05) is 37.6 Å². The van der Waals surface area contributed by atoms with Crippen molar-refractivity contribution >= 4 is 11.8 Å². The normalized spacial score (nSPS) is 18.0. The standard InChI is InChI=1S/C17H23N5O/c1-3-16-18-9-11-22(16)14-7-5-10-21(12-14)17(23)20-15-8-4-6-13(2)19-15/h4,6,8-9,11,14H,3,5,7,10,12H2,1-2H3,(H,19,20,23). The van der Waals surface area contributed by atoms with Crippen molar-refractivity contribution in [3.8, 4) is 0 Å². The van der Waals surface area contributed by atoms with Crippen LogP contribution >= 0.6 is 0 Å². The van der Waals surface area contributed by atoms with Crippen molar-refractivity contribution in [1.29, 1.82) is 0 Å². The largest absolute Gasteiger partial charge is 0.330 e. The number of aryl methyl sites for hydroxylation is 2. The highest BCUT2D eigenvalue weighted by Gasteiger charge is 2.25. The minimum atomic E-state index is -0.0778. The lowest BCUT2D eigenvalue weighted by atomic mass is 10.1. The number of rotatable bonds is 3. The van der Waals surface area contributed by atoms with Gasteiger partial charge in [-0.2, -0.15) is 0 Å². The van der Waals surface area contributed by atoms with Gasteiger partial charge in [-0.15, -0.1) is 0 Å². The summed E-state index contributed by atoms with van der Waals surface area (Å²) in [7, 11) is 0. The van der Waals surface area contributed by atoms with Gasteiger partial charge in [0.1, 0.15) is 11.6 Å². The molecule has 0 spiro atoms. The fraction of sp³-hybridized carbons (Fsp3) is 0.471. The average molecular weight is 313 g/mol. The zero-order valence-electron chi connectivity index (χ0n) is 13.7. The maximum Gasteiger partial charge on any atom is 0.323 e. The van der Waals surface area contributed by atoms with E-state index < -0.39 is 0 Å². The second-order valence-electron chi connectivity index (χ2n) is 5.94. The quantitative estimate of drug-likeness (QED) is 0.947. The van der Waals surface area contributed by atoms with Crippen LogP contribution in [0.2, 0.25) is 0 Å². The van der Waals surface area contributed by atoms with Gasteiger partial charge in [-0.25, -0.2) is 14.8 Å². The molecule has 2 aromatic heterocycles. The first kappa shape index (κ1) is 15.5. The summed E-state index contributed by atoms with van der Waals surface area (Å²) in [5.74, 6) is 1.69. The van der Waals surface area contributed by atoms with Crippen LogP contribution in [0.5, 0.6) is 0 Å². The highest BCUT2D eigenvalue weighted by molar-refractivity contribution is 5.88. The van der Waals surface area contributed by atoms with E-state index in [0.29, 0.717) is 18.4 Å². The molecular formula is C17H23N5O. The van der Waals surface area contributed by atoms with Crippen molar-refractivity contribution in [3.63, 3.8) is 0 Å². The number of anilines is 1. The molecule has 3 rings (SSSR count). The molecule has 0 aromatic carbocycles. The van der Waals surface area contributed by atoms with Crippen molar-refractivity contribution in [2.45, 2.75) is 39.2 Å². The number of imidazole rings is 1. The van der Waals surface area contributed by atoms with Crippen molar-refractivity contribution < 1.29 is 4.79 Å². The van der Waals surface area contributed by atoms with Gasteiger partial charge in [0.05, 0.1) is 6.04 Å². The third-order valence-corrected chi connectivity index (χ3v) is 4.27. The van der Waals surface area contributed by atoms with E-state index in [1.807, 2.05) is 42.4 Å². The van der Waals surface area contributed by atoms with Crippen LogP contribution in [0, 0.1) is 6.92 Å². The Kier molecular flexibility index (Phi) is 4.60. The second-order valence-corrected chi connectivity index (χ2v) is 5.94. The summed E-state index contributed by atoms with van der Waals surface area (Å²) in [5.41, 5.74) is 0.894. The number of piperidine rings is 1. The average Bonchev–Trinajstić information content (AvgIpc) is 3.03. The number of hydrogen-bond acceptors (Lipinski definition) is 3. The molecule has 1 saturated heterocycles. The van der Waals surface area contributed by atoms with Gasteiger partial charge in [0.15, 0.2) is 0 Å². The molecule has 6 nitrogen and oxygen atoms in total. The Hall–Kier alpha value is -2.37. The fourth-order valence-corrected chi connectivity index (χ4v) is 3.12. The summed E-state index contributed by atoms with van der Waals surface area (Å²) in [5, 5.41) is 2.90. The molecule has 0 bridgehead atoms. The SMILES string of the molecule is CCc1nccn1C1CCCN(C(=O)Nc2cccc(C)n2)C1. The first-order valence-electron chi connectivity index (χ1n) is 8.18. The zero-order chi connectivity index (χ0) is 16.2. The number of amides is 2. The summed E-state index contributed by atoms with van der Waals surface area (Å²) >= 11 is 0. The van der Waals surface area contributed by atoms with Crippen molar-refractivity contribution in [3.05, 3.63) is 42.1 Å². The highest BCUT2D eigenvalue weighted by atomic mass is 16.2. The Balaban J connectivity index is 1.67. The molecule has 6 heteroatoms. The molecule has 1 atom stereocenters. The van der Waals surface area contributed by atoms with Crippen molar-refractivity contribution in [2.75, 3.05) is 18.4 Å². The number of carbonyl (C=O) groups excluding carboxylic acids is 1. The molecule has 0 saturated carbocycles. The van der Waals surface area contributed by atoms with Crippen LogP contribution in [0.1, 0.15) is 37.3 Å². The molecule has 1 aliphatic rings. The predicted octanol–water partition coefficient (Wildman–Crippen LogP) is 3.02. The molecule has 1 unspecified atom stereocenters. The lowest BCUT2D eigenvalue weighted by molar-refractivity contribution is 0.178. The van der Waals surface area contributed by atoms with E-state index in [1.54, 1.807) is 0 Å². The fourth-order valence-electron chi connectivity index (χ4n) is 3.12. The van der Waals surface area contributed by atoms with E-state index in [1.165, 1.54) is 0 Å². The van der Waals surface area contributed by atoms with Crippen LogP contribution < -0.4 is 5.32 Å². The summed E-state index contributed by atoms with van der Waals surface area (Å²) < 4.78 is 2.21. The van der Waals surface area contributed by atoms with Crippen molar-refractivity contribution in [2.24, 2.45) is 0 Å². The van der Waals surface area contributed by atoms with Gasteiger partial charge in [-0.05, 0) is 31.9 Å². The molecule has 0 radical (unpaired) electrons. The lowest BCUT2D eigenvalue weighted by Gasteiger charge is -2.34. The lowest BCUT2D eigenvalue weighted by Crippen LogP contribution is -2.43. The third-order valence-electron chi connectivity index (χ3n) is 4.27. The number of nitrogens with zero attached hydrogens (tertiary/aromatic N) is 4. The van der Waals surface area contributed by atoms with Gasteiger partial charge >= 0.3 is 6.03 Å². The number of urea groups is 1. The van der Waals surface area contributed by atoms with Gasteiger partial charge < -0.3 is 9.47 Å². The van der Waals surface area contributed by atoms with Gasteiger partial charge in [-0.1, -0.05) is 13.0 Å². The first-order chi connectivity index (χ1) is 11.2. The summed E-state index contributed by atoms with van der Waals surface area (Å²) in [6, 6.07) is 5.86. The maximum atomic E-state index is 12.5. The van der Waals surface area contributed by atoms with Crippen molar-refractivity contribution in [1.82, 2.24) is 19.4 Å². The number of hydrogen-bond donors (Lipinski definition) is 1. The van der Waals surface area contributed by atoms with Crippen LogP contribution in [-0.2, 0) is 6.42 Å². The van der Waals surface area contributed by atoms with Crippen LogP contribution in [0.25, 0.3) is 0 Å². The number of carbonyl (C=O) groups is 1. The predicted molar refractivity (Wildman–Crippen MR) is 89.4 cm³/mol. The van der Waals surface area contributed by atoms with Crippen LogP contribution in [0.3, 0.4) is 0 Å². The molecule has 0 aliphatic carbocycles. The Morgan fingerprint density at radius 2 is 2.30 bits per heavy atom. The number of nitrogens with one attached hydrogen (secondary N) is 1. The van der Waals surface area contributed by atoms with E-state index in [0.717, 1.165) is 37.3 Å². The Labute approximate surface area is 136 Å². The molecule has 122 valence electrons. The van der Waals surface area contributed by atoms with Crippen LogP contribution in [0.15, 0.2) is 30.6 Å². The zero-order valence-corrected chi connectivity index (χ0v) is 13.7. The Bertz CT molecular complexity index is 681. The molecule has 2 aromatic rings. The maximum absolute atomic E-state index is 12.5. The third kappa shape index (κ3) is 3.52. The van der Waals surface area contributed by atoms with Gasteiger partial charge in [0.25, 0.3) is 0 Å². The molecule has 23 heavy (non-hydrogen) atoms. The van der Waals surface area contributed by atoms with E-state index in [2.05, 4.69) is 26.8 Å². The monoisotopic (exact) mass is 313 g/mol. The Morgan fingerprint density at radius 1 is 1.43 bits per heavy atom. The smallest absolute Gasteiger partial charge is 0.323 e. The minimum absolute atomic E-state index is 0.0778. The summed E-state index contributed by atoms with van der Waals surface area (Å²) in [6.45, 7) is 5.51. The molecule has 1 aliphatic heterocycles. The van der Waals surface area contributed by atoms with Gasteiger partial charge in [0.2, 0.25) is 0 Å². The van der Waals surface area contributed by atoms with E-state index in [9.17, 15) is 4.79 Å². The number of aromatic nitrogens is 3. The van der Waals surface area contributed by atoms with Crippen LogP contribution in [-0.4, -0.2) is 38.6 Å². The summed E-state index contributed by atoms with van der Waals surface area (Å²) in [4.78, 5) is 23.1. The topological polar surface area (TPSA) is 63.1 Å².